The number of rotatable bonds is 4. The quantitative estimate of drug-likeness (QED) is 0.245. The molecule has 0 unspecified atom stereocenters. The van der Waals surface area contributed by atoms with Gasteiger partial charge >= 0.3 is 0 Å². The van der Waals surface area contributed by atoms with Crippen molar-refractivity contribution in [3.05, 3.63) is 114 Å². The third-order valence-corrected chi connectivity index (χ3v) is 7.68. The second-order valence-electron chi connectivity index (χ2n) is 9.76. The number of fused-ring (bicyclic) bond motifs is 5. The first-order chi connectivity index (χ1) is 18.6. The number of aromatic nitrogens is 3. The van der Waals surface area contributed by atoms with Crippen LogP contribution in [0.1, 0.15) is 29.4 Å². The fraction of sp³-hybridized carbons (Fsp3) is 0.0882. The fourth-order valence-corrected chi connectivity index (χ4v) is 5.90. The molecule has 0 aliphatic heterocycles. The second kappa shape index (κ2) is 8.35. The van der Waals surface area contributed by atoms with Crippen molar-refractivity contribution in [2.75, 3.05) is 0 Å². The van der Waals surface area contributed by atoms with E-state index in [4.69, 9.17) is 9.40 Å². The Hall–Kier alpha value is -4.83. The molecule has 38 heavy (non-hydrogen) atoms. The van der Waals surface area contributed by atoms with Gasteiger partial charge in [-0.2, -0.15) is 0 Å². The number of allylic oxidation sites excluding steroid dienone is 1. The Bertz CT molecular complexity index is 2080. The van der Waals surface area contributed by atoms with Gasteiger partial charge < -0.3 is 13.6 Å². The largest absolute Gasteiger partial charge is 0.438 e. The van der Waals surface area contributed by atoms with Gasteiger partial charge in [-0.1, -0.05) is 49.1 Å². The molecule has 0 aliphatic rings. The van der Waals surface area contributed by atoms with Gasteiger partial charge in [0.25, 0.3) is 0 Å². The maximum atomic E-state index is 6.19. The maximum Gasteiger partial charge on any atom is 0.227 e. The molecule has 0 amide bonds. The van der Waals surface area contributed by atoms with Gasteiger partial charge in [-0.15, -0.1) is 0 Å². The summed E-state index contributed by atoms with van der Waals surface area (Å²) >= 11 is 0. The predicted octanol–water partition coefficient (Wildman–Crippen LogP) is 9.16. The second-order valence-corrected chi connectivity index (χ2v) is 9.76. The standard InChI is InChI=1S/C34H27N3O/c1-5-11-30-22(4)26-13-8-10-15-32(26)37(30)24-19-28-27-18-23(16-17-33(27)38-34(28)35-20-24)36-29(6-2)21(3)25-12-7-9-14-31(25)36/h5-20H,2H2,1,3-4H3. The van der Waals surface area contributed by atoms with Gasteiger partial charge in [0.1, 0.15) is 5.58 Å². The van der Waals surface area contributed by atoms with Gasteiger partial charge in [-0.3, -0.25) is 0 Å². The lowest BCUT2D eigenvalue weighted by atomic mass is 10.1. The van der Waals surface area contributed by atoms with E-state index in [2.05, 4.69) is 115 Å². The van der Waals surface area contributed by atoms with E-state index in [0.717, 1.165) is 50.2 Å². The summed E-state index contributed by atoms with van der Waals surface area (Å²) < 4.78 is 10.8. The van der Waals surface area contributed by atoms with Gasteiger partial charge in [0.05, 0.1) is 28.3 Å². The number of hydrogen-bond donors (Lipinski definition) is 0. The summed E-state index contributed by atoms with van der Waals surface area (Å²) in [5, 5.41) is 4.51. The van der Waals surface area contributed by atoms with Crippen LogP contribution in [-0.2, 0) is 0 Å². The van der Waals surface area contributed by atoms with Crippen molar-refractivity contribution in [3.8, 4) is 11.4 Å². The first kappa shape index (κ1) is 22.4. The van der Waals surface area contributed by atoms with E-state index in [9.17, 15) is 0 Å². The highest BCUT2D eigenvalue weighted by atomic mass is 16.3. The molecule has 0 radical (unpaired) electrons. The van der Waals surface area contributed by atoms with Crippen molar-refractivity contribution in [1.29, 1.82) is 0 Å². The van der Waals surface area contributed by atoms with Crippen LogP contribution in [0.25, 0.3) is 67.4 Å². The van der Waals surface area contributed by atoms with E-state index in [1.54, 1.807) is 0 Å². The minimum Gasteiger partial charge on any atom is -0.438 e. The van der Waals surface area contributed by atoms with Crippen molar-refractivity contribution < 1.29 is 4.42 Å². The number of para-hydroxylation sites is 2. The zero-order chi connectivity index (χ0) is 26.0. The molecule has 0 atom stereocenters. The normalized spacial score (nSPS) is 12.1. The number of benzene rings is 3. The third-order valence-electron chi connectivity index (χ3n) is 7.68. The Labute approximate surface area is 220 Å². The SMILES string of the molecule is C=Cc1c(C)c2ccccc2n1-c1ccc2oc3ncc(-n4c(C=CC)c(C)c5ccccc54)cc3c2c1. The lowest BCUT2D eigenvalue weighted by Gasteiger charge is -2.10. The zero-order valence-corrected chi connectivity index (χ0v) is 21.7. The maximum absolute atomic E-state index is 6.19. The minimum absolute atomic E-state index is 0.638. The van der Waals surface area contributed by atoms with Crippen molar-refractivity contribution in [2.24, 2.45) is 0 Å². The molecule has 7 rings (SSSR count). The topological polar surface area (TPSA) is 35.9 Å². The molecule has 3 aromatic carbocycles. The molecule has 4 heterocycles. The van der Waals surface area contributed by atoms with E-state index < -0.39 is 0 Å². The van der Waals surface area contributed by atoms with Crippen LogP contribution in [0.2, 0.25) is 0 Å². The number of pyridine rings is 1. The molecule has 4 heteroatoms. The Balaban J connectivity index is 1.50. The van der Waals surface area contributed by atoms with Crippen LogP contribution in [0.3, 0.4) is 0 Å². The lowest BCUT2D eigenvalue weighted by molar-refractivity contribution is 0.654. The number of aryl methyl sites for hydroxylation is 2. The van der Waals surface area contributed by atoms with Gasteiger partial charge in [0.2, 0.25) is 5.71 Å². The number of furan rings is 1. The van der Waals surface area contributed by atoms with Gasteiger partial charge in [-0.05, 0) is 80.4 Å². The highest BCUT2D eigenvalue weighted by Gasteiger charge is 2.18. The Morgan fingerprint density at radius 3 is 2.05 bits per heavy atom. The summed E-state index contributed by atoms with van der Waals surface area (Å²) in [5.74, 6) is 0. The zero-order valence-electron chi connectivity index (χ0n) is 21.7. The molecule has 0 saturated carbocycles. The van der Waals surface area contributed by atoms with Crippen LogP contribution in [-0.4, -0.2) is 14.1 Å². The average Bonchev–Trinajstić information content (AvgIpc) is 3.56. The predicted molar refractivity (Wildman–Crippen MR) is 159 cm³/mol. The van der Waals surface area contributed by atoms with E-state index >= 15 is 0 Å². The van der Waals surface area contributed by atoms with Gasteiger partial charge in [-0.25, -0.2) is 4.98 Å². The van der Waals surface area contributed by atoms with Crippen molar-refractivity contribution in [1.82, 2.24) is 14.1 Å². The smallest absolute Gasteiger partial charge is 0.227 e. The van der Waals surface area contributed by atoms with Crippen LogP contribution >= 0.6 is 0 Å². The molecule has 4 nitrogen and oxygen atoms in total. The molecule has 0 bridgehead atoms. The Kier molecular flexibility index (Phi) is 4.92. The van der Waals surface area contributed by atoms with Gasteiger partial charge in [0, 0.05) is 33.2 Å². The molecule has 7 aromatic rings. The lowest BCUT2D eigenvalue weighted by Crippen LogP contribution is -1.98. The minimum atomic E-state index is 0.638. The van der Waals surface area contributed by atoms with E-state index in [1.807, 2.05) is 18.3 Å². The number of hydrogen-bond acceptors (Lipinski definition) is 2. The van der Waals surface area contributed by atoms with E-state index in [-0.39, 0.29) is 0 Å². The molecule has 0 spiro atoms. The third kappa shape index (κ3) is 3.07. The van der Waals surface area contributed by atoms with Crippen molar-refractivity contribution in [3.63, 3.8) is 0 Å². The molecule has 0 fully saturated rings. The monoisotopic (exact) mass is 493 g/mol. The van der Waals surface area contributed by atoms with E-state index in [0.29, 0.717) is 5.71 Å². The molecule has 0 N–H and O–H groups in total. The Morgan fingerprint density at radius 1 is 0.737 bits per heavy atom. The summed E-state index contributed by atoms with van der Waals surface area (Å²) in [4.78, 5) is 4.77. The first-order valence-electron chi connectivity index (χ1n) is 12.9. The van der Waals surface area contributed by atoms with Crippen molar-refractivity contribution in [2.45, 2.75) is 20.8 Å². The number of nitrogens with zero attached hydrogens (tertiary/aromatic N) is 3. The van der Waals surface area contributed by atoms with Crippen LogP contribution in [0, 0.1) is 13.8 Å². The molecule has 4 aromatic heterocycles. The highest BCUT2D eigenvalue weighted by Crippen LogP contribution is 2.36. The van der Waals surface area contributed by atoms with E-state index in [1.165, 1.54) is 21.9 Å². The van der Waals surface area contributed by atoms with Crippen LogP contribution < -0.4 is 0 Å². The summed E-state index contributed by atoms with van der Waals surface area (Å²) in [5.41, 5.74) is 10.6. The Morgan fingerprint density at radius 2 is 1.37 bits per heavy atom. The molecule has 0 saturated heterocycles. The van der Waals surface area contributed by atoms with Crippen LogP contribution in [0.15, 0.2) is 96.1 Å². The summed E-state index contributed by atoms with van der Waals surface area (Å²) in [6.07, 6.45) is 8.10. The first-order valence-corrected chi connectivity index (χ1v) is 12.9. The summed E-state index contributed by atoms with van der Waals surface area (Å²) in [6.45, 7) is 10.5. The summed E-state index contributed by atoms with van der Waals surface area (Å²) in [7, 11) is 0. The van der Waals surface area contributed by atoms with Crippen molar-refractivity contribution >= 4 is 56.0 Å². The fourth-order valence-electron chi connectivity index (χ4n) is 5.90. The summed E-state index contributed by atoms with van der Waals surface area (Å²) in [6, 6.07) is 25.6. The van der Waals surface area contributed by atoms with Gasteiger partial charge in [0.15, 0.2) is 0 Å². The molecular formula is C34H27N3O. The van der Waals surface area contributed by atoms with Crippen LogP contribution in [0.5, 0.6) is 0 Å². The molecule has 184 valence electrons. The average molecular weight is 494 g/mol. The molecular weight excluding hydrogens is 466 g/mol. The van der Waals surface area contributed by atoms with Crippen LogP contribution in [0.4, 0.5) is 0 Å². The molecule has 0 aliphatic carbocycles. The highest BCUT2D eigenvalue weighted by molar-refractivity contribution is 6.05.